The summed E-state index contributed by atoms with van der Waals surface area (Å²) in [6.07, 6.45) is 0.994. The maximum atomic E-state index is 11.2. The molecule has 1 heteroatoms. The summed E-state index contributed by atoms with van der Waals surface area (Å²) in [4.78, 5) is 11.2. The fourth-order valence-electron chi connectivity index (χ4n) is 1.50. The van der Waals surface area contributed by atoms with Crippen LogP contribution in [0.25, 0.3) is 0 Å². The monoisotopic (exact) mass is 176 g/mol. The number of aryl methyl sites for hydroxylation is 2. The lowest BCUT2D eigenvalue weighted by atomic mass is 9.97. The zero-order valence-corrected chi connectivity index (χ0v) is 8.77. The summed E-state index contributed by atoms with van der Waals surface area (Å²) in [7, 11) is 0. The SMILES string of the molecule is CCc1cc(C(C)=O)cc(C)c1C. The van der Waals surface area contributed by atoms with Gasteiger partial charge in [-0.3, -0.25) is 4.79 Å². The Balaban J connectivity index is 3.30. The number of hydrogen-bond acceptors (Lipinski definition) is 1. The molecule has 0 spiro atoms. The molecule has 0 aliphatic heterocycles. The average Bonchev–Trinajstić information content (AvgIpc) is 2.09. The van der Waals surface area contributed by atoms with Crippen molar-refractivity contribution >= 4 is 5.78 Å². The third-order valence-corrected chi connectivity index (χ3v) is 2.56. The second-order valence-electron chi connectivity index (χ2n) is 3.49. The molecule has 0 saturated heterocycles. The van der Waals surface area contributed by atoms with E-state index in [9.17, 15) is 4.79 Å². The smallest absolute Gasteiger partial charge is 0.159 e. The fourth-order valence-corrected chi connectivity index (χ4v) is 1.50. The molecule has 1 aromatic rings. The molecule has 70 valence electrons. The second kappa shape index (κ2) is 3.73. The largest absolute Gasteiger partial charge is 0.295 e. The highest BCUT2D eigenvalue weighted by Gasteiger charge is 2.05. The summed E-state index contributed by atoms with van der Waals surface area (Å²) < 4.78 is 0. The van der Waals surface area contributed by atoms with Crippen molar-refractivity contribution < 1.29 is 4.79 Å². The normalized spacial score (nSPS) is 10.2. The molecule has 0 bridgehead atoms. The molecule has 0 fully saturated rings. The molecule has 1 aromatic carbocycles. The Bertz CT molecular complexity index is 337. The summed E-state index contributed by atoms with van der Waals surface area (Å²) in [5, 5.41) is 0. The summed E-state index contributed by atoms with van der Waals surface area (Å²) in [6.45, 7) is 7.90. The minimum absolute atomic E-state index is 0.151. The van der Waals surface area contributed by atoms with Crippen molar-refractivity contribution in [2.75, 3.05) is 0 Å². The van der Waals surface area contributed by atoms with Crippen molar-refractivity contribution in [3.8, 4) is 0 Å². The third-order valence-electron chi connectivity index (χ3n) is 2.56. The van der Waals surface area contributed by atoms with Crippen LogP contribution in [0.1, 0.15) is 40.9 Å². The Kier molecular flexibility index (Phi) is 2.86. The zero-order valence-electron chi connectivity index (χ0n) is 8.77. The molecule has 0 aromatic heterocycles. The van der Waals surface area contributed by atoms with Crippen molar-refractivity contribution in [2.24, 2.45) is 0 Å². The van der Waals surface area contributed by atoms with E-state index in [1.165, 1.54) is 16.7 Å². The first-order valence-electron chi connectivity index (χ1n) is 4.67. The van der Waals surface area contributed by atoms with Gasteiger partial charge < -0.3 is 0 Å². The van der Waals surface area contributed by atoms with Crippen molar-refractivity contribution in [1.82, 2.24) is 0 Å². The molecule has 0 amide bonds. The van der Waals surface area contributed by atoms with Gasteiger partial charge in [0.1, 0.15) is 0 Å². The van der Waals surface area contributed by atoms with Crippen molar-refractivity contribution in [3.63, 3.8) is 0 Å². The Morgan fingerprint density at radius 2 is 1.92 bits per heavy atom. The van der Waals surface area contributed by atoms with Gasteiger partial charge in [0.05, 0.1) is 0 Å². The molecular formula is C12H16O. The molecule has 1 rings (SSSR count). The van der Waals surface area contributed by atoms with Crippen LogP contribution in [0.4, 0.5) is 0 Å². The highest BCUT2D eigenvalue weighted by atomic mass is 16.1. The van der Waals surface area contributed by atoms with Crippen LogP contribution in [0.2, 0.25) is 0 Å². The predicted octanol–water partition coefficient (Wildman–Crippen LogP) is 3.07. The molecule has 0 saturated carbocycles. The van der Waals surface area contributed by atoms with E-state index in [1.807, 2.05) is 12.1 Å². The van der Waals surface area contributed by atoms with Gasteiger partial charge in [0, 0.05) is 5.56 Å². The van der Waals surface area contributed by atoms with Crippen molar-refractivity contribution in [1.29, 1.82) is 0 Å². The predicted molar refractivity (Wildman–Crippen MR) is 55.3 cm³/mol. The lowest BCUT2D eigenvalue weighted by Gasteiger charge is -2.08. The zero-order chi connectivity index (χ0) is 10.0. The summed E-state index contributed by atoms with van der Waals surface area (Å²) in [5.41, 5.74) is 4.64. The van der Waals surface area contributed by atoms with E-state index in [4.69, 9.17) is 0 Å². The van der Waals surface area contributed by atoms with Gasteiger partial charge in [0.25, 0.3) is 0 Å². The second-order valence-corrected chi connectivity index (χ2v) is 3.49. The molecule has 0 unspecified atom stereocenters. The van der Waals surface area contributed by atoms with Crippen molar-refractivity contribution in [3.05, 3.63) is 34.4 Å². The number of rotatable bonds is 2. The number of hydrogen-bond donors (Lipinski definition) is 0. The van der Waals surface area contributed by atoms with Crippen LogP contribution in [0, 0.1) is 13.8 Å². The van der Waals surface area contributed by atoms with Crippen molar-refractivity contribution in [2.45, 2.75) is 34.1 Å². The van der Waals surface area contributed by atoms with Gasteiger partial charge in [-0.15, -0.1) is 0 Å². The lowest BCUT2D eigenvalue weighted by Crippen LogP contribution is -1.98. The maximum absolute atomic E-state index is 11.2. The molecule has 0 aliphatic rings. The van der Waals surface area contributed by atoms with Crippen LogP contribution >= 0.6 is 0 Å². The minimum atomic E-state index is 0.151. The van der Waals surface area contributed by atoms with Gasteiger partial charge in [-0.1, -0.05) is 6.92 Å². The van der Waals surface area contributed by atoms with Gasteiger partial charge in [-0.25, -0.2) is 0 Å². The quantitative estimate of drug-likeness (QED) is 0.633. The number of carbonyl (C=O) groups excluding carboxylic acids is 1. The summed E-state index contributed by atoms with van der Waals surface area (Å²) >= 11 is 0. The highest BCUT2D eigenvalue weighted by molar-refractivity contribution is 5.94. The number of carbonyl (C=O) groups is 1. The first kappa shape index (κ1) is 9.97. The summed E-state index contributed by atoms with van der Waals surface area (Å²) in [6, 6.07) is 3.97. The molecule has 0 heterocycles. The first-order valence-corrected chi connectivity index (χ1v) is 4.67. The Morgan fingerprint density at radius 3 is 2.38 bits per heavy atom. The van der Waals surface area contributed by atoms with Crippen LogP contribution in [0.15, 0.2) is 12.1 Å². The number of ketones is 1. The van der Waals surface area contributed by atoms with E-state index in [-0.39, 0.29) is 5.78 Å². The standard InChI is InChI=1S/C12H16O/c1-5-11-7-12(10(4)13)6-8(2)9(11)3/h6-7H,5H2,1-4H3. The molecule has 13 heavy (non-hydrogen) atoms. The van der Waals surface area contributed by atoms with Gasteiger partial charge in [-0.2, -0.15) is 0 Å². The number of Topliss-reactive ketones (excluding diaryl/α,β-unsaturated/α-hetero) is 1. The van der Waals surface area contributed by atoms with Gasteiger partial charge in [-0.05, 0) is 56.0 Å². The fraction of sp³-hybridized carbons (Fsp3) is 0.417. The minimum Gasteiger partial charge on any atom is -0.295 e. The van der Waals surface area contributed by atoms with E-state index in [0.29, 0.717) is 0 Å². The molecule has 0 radical (unpaired) electrons. The van der Waals surface area contributed by atoms with Crippen LogP contribution in [0.3, 0.4) is 0 Å². The lowest BCUT2D eigenvalue weighted by molar-refractivity contribution is 0.101. The molecular weight excluding hydrogens is 160 g/mol. The molecule has 0 atom stereocenters. The van der Waals surface area contributed by atoms with E-state index < -0.39 is 0 Å². The topological polar surface area (TPSA) is 17.1 Å². The van der Waals surface area contributed by atoms with E-state index in [0.717, 1.165) is 12.0 Å². The van der Waals surface area contributed by atoms with E-state index in [2.05, 4.69) is 20.8 Å². The molecule has 0 aliphatic carbocycles. The van der Waals surface area contributed by atoms with Crippen LogP contribution in [0.5, 0.6) is 0 Å². The molecule has 0 N–H and O–H groups in total. The van der Waals surface area contributed by atoms with Gasteiger partial charge in [0.2, 0.25) is 0 Å². The Hall–Kier alpha value is -1.11. The van der Waals surface area contributed by atoms with E-state index >= 15 is 0 Å². The van der Waals surface area contributed by atoms with E-state index in [1.54, 1.807) is 6.92 Å². The summed E-state index contributed by atoms with van der Waals surface area (Å²) in [5.74, 6) is 0.151. The van der Waals surface area contributed by atoms with Crippen LogP contribution in [-0.4, -0.2) is 5.78 Å². The molecule has 1 nitrogen and oxygen atoms in total. The maximum Gasteiger partial charge on any atom is 0.159 e. The van der Waals surface area contributed by atoms with Crippen LogP contribution < -0.4 is 0 Å². The average molecular weight is 176 g/mol. The van der Waals surface area contributed by atoms with Crippen LogP contribution in [-0.2, 0) is 6.42 Å². The Labute approximate surface area is 79.8 Å². The van der Waals surface area contributed by atoms with Gasteiger partial charge in [0.15, 0.2) is 5.78 Å². The first-order chi connectivity index (χ1) is 6.06. The highest BCUT2D eigenvalue weighted by Crippen LogP contribution is 2.17. The Morgan fingerprint density at radius 1 is 1.31 bits per heavy atom. The number of benzene rings is 1. The third kappa shape index (κ3) is 1.97. The van der Waals surface area contributed by atoms with Gasteiger partial charge >= 0.3 is 0 Å².